The Morgan fingerprint density at radius 2 is 1.87 bits per heavy atom. The monoisotopic (exact) mass is 224 g/mol. The summed E-state index contributed by atoms with van der Waals surface area (Å²) in [6, 6.07) is 4.14. The molecule has 0 spiro atoms. The van der Waals surface area contributed by atoms with Gasteiger partial charge in [0.15, 0.2) is 0 Å². The third-order valence-corrected chi connectivity index (χ3v) is 3.92. The van der Waals surface area contributed by atoms with Crippen molar-refractivity contribution in [2.24, 2.45) is 11.7 Å². The van der Waals surface area contributed by atoms with E-state index in [1.807, 2.05) is 30.9 Å². The number of thioether (sulfide) groups is 1. The van der Waals surface area contributed by atoms with Crippen LogP contribution in [0.2, 0.25) is 0 Å². The number of hydrogen-bond donors (Lipinski definition) is 1. The molecule has 0 aromatic carbocycles. The molecule has 1 aromatic rings. The summed E-state index contributed by atoms with van der Waals surface area (Å²) in [4.78, 5) is 5.57. The first-order valence-electron chi connectivity index (χ1n) is 5.39. The second-order valence-corrected chi connectivity index (χ2v) is 5.73. The van der Waals surface area contributed by atoms with Gasteiger partial charge in [0.1, 0.15) is 0 Å². The highest BCUT2D eigenvalue weighted by molar-refractivity contribution is 8.00. The average molecular weight is 224 g/mol. The highest BCUT2D eigenvalue weighted by atomic mass is 32.2. The van der Waals surface area contributed by atoms with Crippen LogP contribution in [0.25, 0.3) is 0 Å². The maximum absolute atomic E-state index is 5.74. The first kappa shape index (κ1) is 12.5. The minimum absolute atomic E-state index is 0.0200. The maximum Gasteiger partial charge on any atom is 0.0569 e. The summed E-state index contributed by atoms with van der Waals surface area (Å²) in [5.41, 5.74) is 6.70. The first-order valence-corrected chi connectivity index (χ1v) is 6.27. The van der Waals surface area contributed by atoms with Crippen LogP contribution in [0, 0.1) is 5.92 Å². The summed E-state index contributed by atoms with van der Waals surface area (Å²) in [5, 5.41) is 0.618. The molecule has 0 aliphatic rings. The van der Waals surface area contributed by atoms with Gasteiger partial charge in [-0.15, -0.1) is 11.8 Å². The summed E-state index contributed by atoms with van der Waals surface area (Å²) in [6.07, 6.45) is 1.92. The minimum atomic E-state index is 0.0200. The molecule has 0 amide bonds. The molecule has 1 rings (SSSR count). The van der Waals surface area contributed by atoms with Gasteiger partial charge < -0.3 is 5.73 Å². The summed E-state index contributed by atoms with van der Waals surface area (Å²) in [6.45, 7) is 8.67. The van der Waals surface area contributed by atoms with E-state index in [9.17, 15) is 0 Å². The summed E-state index contributed by atoms with van der Waals surface area (Å²) < 4.78 is 0. The second-order valence-electron chi connectivity index (χ2n) is 4.27. The van der Waals surface area contributed by atoms with Crippen molar-refractivity contribution >= 4 is 11.8 Å². The predicted octanol–water partition coefficient (Wildman–Crippen LogP) is 3.24. The highest BCUT2D eigenvalue weighted by Crippen LogP contribution is 2.27. The number of nitrogens with two attached hydrogens (primary N) is 1. The molecule has 0 saturated carbocycles. The lowest BCUT2D eigenvalue weighted by atomic mass is 10.2. The van der Waals surface area contributed by atoms with Crippen molar-refractivity contribution in [3.8, 4) is 0 Å². The molecule has 3 heteroatoms. The third kappa shape index (κ3) is 3.84. The molecule has 2 N–H and O–H groups in total. The Balaban J connectivity index is 2.64. The van der Waals surface area contributed by atoms with Crippen molar-refractivity contribution in [2.75, 3.05) is 0 Å². The fourth-order valence-electron chi connectivity index (χ4n) is 1.08. The number of nitrogens with zero attached hydrogens (tertiary/aromatic N) is 1. The lowest BCUT2D eigenvalue weighted by Gasteiger charge is -2.14. The first-order chi connectivity index (χ1) is 7.00. The van der Waals surface area contributed by atoms with Crippen LogP contribution in [0.1, 0.15) is 39.4 Å². The number of pyridine rings is 1. The molecule has 2 nitrogen and oxygen atoms in total. The van der Waals surface area contributed by atoms with Gasteiger partial charge in [-0.1, -0.05) is 20.8 Å². The molecule has 0 bridgehead atoms. The molecule has 2 unspecified atom stereocenters. The van der Waals surface area contributed by atoms with Crippen LogP contribution >= 0.6 is 11.8 Å². The normalized spacial score (nSPS) is 15.3. The Hall–Kier alpha value is -0.540. The summed E-state index contributed by atoms with van der Waals surface area (Å²) >= 11 is 1.87. The van der Waals surface area contributed by atoms with Gasteiger partial charge in [0, 0.05) is 22.4 Å². The van der Waals surface area contributed by atoms with E-state index >= 15 is 0 Å². The molecule has 1 heterocycles. The summed E-state index contributed by atoms with van der Waals surface area (Å²) in [5.74, 6) is 0.683. The van der Waals surface area contributed by atoms with Gasteiger partial charge in [-0.25, -0.2) is 0 Å². The quantitative estimate of drug-likeness (QED) is 0.798. The van der Waals surface area contributed by atoms with E-state index in [0.29, 0.717) is 11.2 Å². The number of hydrogen-bond acceptors (Lipinski definition) is 3. The minimum Gasteiger partial charge on any atom is -0.323 e. The lowest BCUT2D eigenvalue weighted by molar-refractivity contribution is 0.642. The molecule has 0 aliphatic carbocycles. The zero-order valence-corrected chi connectivity index (χ0v) is 10.7. The van der Waals surface area contributed by atoms with Gasteiger partial charge in [0.25, 0.3) is 0 Å². The molecule has 0 aliphatic heterocycles. The fraction of sp³-hybridized carbons (Fsp3) is 0.583. The Morgan fingerprint density at radius 3 is 2.27 bits per heavy atom. The zero-order valence-electron chi connectivity index (χ0n) is 9.90. The molecule has 2 atom stereocenters. The standard InChI is InChI=1S/C12H20N2S/c1-8(2)10(4)15-11-5-6-12(9(3)13)14-7-11/h5-10H,13H2,1-4H3. The maximum atomic E-state index is 5.74. The van der Waals surface area contributed by atoms with Gasteiger partial charge >= 0.3 is 0 Å². The van der Waals surface area contributed by atoms with Crippen LogP contribution in [-0.2, 0) is 0 Å². The average Bonchev–Trinajstić information content (AvgIpc) is 2.18. The molecule has 0 fully saturated rings. The van der Waals surface area contributed by atoms with Gasteiger partial charge in [0.05, 0.1) is 5.69 Å². The van der Waals surface area contributed by atoms with Gasteiger partial charge in [-0.3, -0.25) is 4.98 Å². The van der Waals surface area contributed by atoms with Crippen LogP contribution < -0.4 is 5.73 Å². The van der Waals surface area contributed by atoms with Crippen molar-refractivity contribution in [3.05, 3.63) is 24.0 Å². The van der Waals surface area contributed by atoms with E-state index in [4.69, 9.17) is 5.73 Å². The zero-order chi connectivity index (χ0) is 11.4. The molecule has 15 heavy (non-hydrogen) atoms. The van der Waals surface area contributed by atoms with Gasteiger partial charge in [0.2, 0.25) is 0 Å². The van der Waals surface area contributed by atoms with Crippen molar-refractivity contribution in [1.82, 2.24) is 4.98 Å². The fourth-order valence-corrected chi connectivity index (χ4v) is 2.04. The lowest BCUT2D eigenvalue weighted by Crippen LogP contribution is -2.08. The van der Waals surface area contributed by atoms with Crippen molar-refractivity contribution in [2.45, 2.75) is 43.9 Å². The third-order valence-electron chi connectivity index (χ3n) is 2.49. The number of aromatic nitrogens is 1. The second kappa shape index (κ2) is 5.52. The van der Waals surface area contributed by atoms with Crippen LogP contribution in [0.3, 0.4) is 0 Å². The molecule has 84 valence electrons. The van der Waals surface area contributed by atoms with Crippen LogP contribution in [-0.4, -0.2) is 10.2 Å². The Labute approximate surface area is 96.7 Å². The van der Waals surface area contributed by atoms with E-state index in [2.05, 4.69) is 31.8 Å². The largest absolute Gasteiger partial charge is 0.323 e. The molecule has 0 saturated heterocycles. The molecule has 1 aromatic heterocycles. The van der Waals surface area contributed by atoms with Crippen molar-refractivity contribution in [3.63, 3.8) is 0 Å². The summed E-state index contributed by atoms with van der Waals surface area (Å²) in [7, 11) is 0. The van der Waals surface area contributed by atoms with E-state index in [1.165, 1.54) is 4.90 Å². The van der Waals surface area contributed by atoms with Crippen molar-refractivity contribution < 1.29 is 0 Å². The smallest absolute Gasteiger partial charge is 0.0569 e. The van der Waals surface area contributed by atoms with Crippen LogP contribution in [0.15, 0.2) is 23.2 Å². The Kier molecular flexibility index (Phi) is 4.61. The van der Waals surface area contributed by atoms with E-state index in [1.54, 1.807) is 0 Å². The molecular formula is C12H20N2S. The van der Waals surface area contributed by atoms with Crippen molar-refractivity contribution in [1.29, 1.82) is 0 Å². The van der Waals surface area contributed by atoms with E-state index in [-0.39, 0.29) is 6.04 Å². The van der Waals surface area contributed by atoms with E-state index < -0.39 is 0 Å². The van der Waals surface area contributed by atoms with Gasteiger partial charge in [-0.05, 0) is 25.0 Å². The SMILES string of the molecule is CC(N)c1ccc(SC(C)C(C)C)cn1. The topological polar surface area (TPSA) is 38.9 Å². The highest BCUT2D eigenvalue weighted by Gasteiger charge is 2.09. The predicted molar refractivity (Wildman–Crippen MR) is 67.0 cm³/mol. The molecule has 0 radical (unpaired) electrons. The Bertz CT molecular complexity index is 293. The molecular weight excluding hydrogens is 204 g/mol. The Morgan fingerprint density at radius 1 is 1.20 bits per heavy atom. The van der Waals surface area contributed by atoms with Crippen LogP contribution in [0.4, 0.5) is 0 Å². The van der Waals surface area contributed by atoms with Crippen LogP contribution in [0.5, 0.6) is 0 Å². The van der Waals surface area contributed by atoms with E-state index in [0.717, 1.165) is 5.69 Å². The number of rotatable bonds is 4. The van der Waals surface area contributed by atoms with Gasteiger partial charge in [-0.2, -0.15) is 0 Å².